The zero-order valence-electron chi connectivity index (χ0n) is 79.6. The molecule has 0 atom stereocenters. The maximum atomic E-state index is 6.55. The summed E-state index contributed by atoms with van der Waals surface area (Å²) in [5, 5.41) is 2.47. The van der Waals surface area contributed by atoms with Gasteiger partial charge in [0.1, 0.15) is 57.5 Å². The van der Waals surface area contributed by atoms with Gasteiger partial charge in [-0.2, -0.15) is 0 Å². The molecule has 0 amide bonds. The fraction of sp³-hybridized carbons (Fsp3) is 0.242. The molecule has 0 spiro atoms. The Morgan fingerprint density at radius 2 is 0.504 bits per heavy atom. The molecule has 0 fully saturated rings. The number of hydrogen-bond donors (Lipinski definition) is 0. The molecule has 16 aromatic carbocycles. The maximum absolute atomic E-state index is 6.55. The van der Waals surface area contributed by atoms with Gasteiger partial charge < -0.3 is 23.7 Å². The summed E-state index contributed by atoms with van der Waals surface area (Å²) < 4.78 is 32.4. The summed E-state index contributed by atoms with van der Waals surface area (Å²) >= 11 is 0. The zero-order valence-corrected chi connectivity index (χ0v) is 79.6. The molecule has 648 valence electrons. The average Bonchev–Trinajstić information content (AvgIpc) is 0.766. The van der Waals surface area contributed by atoms with Crippen molar-refractivity contribution in [1.82, 2.24) is 0 Å². The van der Waals surface area contributed by atoms with Gasteiger partial charge in [-0.05, 0) is 205 Å². The highest BCUT2D eigenvalue weighted by atomic mass is 16.5. The van der Waals surface area contributed by atoms with Crippen molar-refractivity contribution in [3.05, 3.63) is 426 Å². The van der Waals surface area contributed by atoms with E-state index >= 15 is 0 Å². The summed E-state index contributed by atoms with van der Waals surface area (Å²) in [7, 11) is 0. The SMILES string of the molecule is Cc1ccc(-c2ccc(C)c3c2Oc2ccccc2C3(C)C)cc1C.Cc1ccc(-c2cccc(C(C)C)c2)c2c1C(C)(C)c1ccccc1O2.Cc1ccc2c(c1)Oc1c(-c3ccc(C)c(C)c3)cccc1C2(C)C.Cc1ccc2c(c1)Oc1c(-c3cccc(C(C)C)c3)cccc1C2(C)C.Cc1cccc(-c2cccc3c2Oc2cc4ccccc4cc2C3(C)C)c1. The van der Waals surface area contributed by atoms with Gasteiger partial charge in [-0.25, -0.2) is 0 Å². The van der Waals surface area contributed by atoms with Gasteiger partial charge in [0.15, 0.2) is 0 Å². The number of para-hydroxylation sites is 5. The molecule has 5 heterocycles. The van der Waals surface area contributed by atoms with E-state index in [1.54, 1.807) is 0 Å². The summed E-state index contributed by atoms with van der Waals surface area (Å²) in [6.07, 6.45) is 0. The topological polar surface area (TPSA) is 46.2 Å². The van der Waals surface area contributed by atoms with Gasteiger partial charge in [0, 0.05) is 111 Å². The first-order valence-electron chi connectivity index (χ1n) is 46.0. The van der Waals surface area contributed by atoms with Gasteiger partial charge in [0.2, 0.25) is 0 Å². The van der Waals surface area contributed by atoms with Gasteiger partial charge in [-0.15, -0.1) is 0 Å². The van der Waals surface area contributed by atoms with E-state index in [0.29, 0.717) is 11.8 Å². The normalized spacial score (nSPS) is 14.5. The standard InChI is InChI=1S/C26H22O.2C25H26O.2C24H24O/c1-17-8-6-11-20(14-17)21-12-7-13-22-25(21)27-24-16-19-10-5-4-9-18(19)15-23(24)26(22,2)3;1-16(2)18-8-6-9-19(15-18)20-10-7-11-22-24(20)26-23-14-17(3)12-13-21(23)25(22,4)5;1-16(2)18-9-8-10-19(15-18)20-14-13-17(3)23-24(20)26-22-12-7-6-11-21(22)25(23,4)5;1-15-9-12-20-22(13-15)25-23-19(7-6-8-21(23)24(20,4)5)18-11-10-16(2)17(3)14-18;1-15-10-12-18(14-17(15)3)19-13-11-16(2)22-23(19)25-21-9-7-6-8-20(21)24(22,4)5/h4-16H,1-3H3;2*6-16H,1-5H3;2*6-14H,1-5H3. The van der Waals surface area contributed by atoms with Gasteiger partial charge in [-0.1, -0.05) is 375 Å². The molecule has 0 saturated carbocycles. The molecule has 0 radical (unpaired) electrons. The third-order valence-corrected chi connectivity index (χ3v) is 28.1. The van der Waals surface area contributed by atoms with Crippen LogP contribution in [-0.2, 0) is 27.1 Å². The van der Waals surface area contributed by atoms with Gasteiger partial charge in [0.25, 0.3) is 0 Å². The molecule has 0 N–H and O–H groups in total. The van der Waals surface area contributed by atoms with Crippen LogP contribution < -0.4 is 23.7 Å². The number of ether oxygens (including phenoxy) is 5. The number of aryl methyl sites for hydroxylation is 9. The summed E-state index contributed by atoms with van der Waals surface area (Å²) in [6.45, 7) is 51.2. The Labute approximate surface area is 766 Å². The Balaban J connectivity index is 0.000000113. The van der Waals surface area contributed by atoms with Crippen LogP contribution in [-0.4, -0.2) is 0 Å². The fourth-order valence-electron chi connectivity index (χ4n) is 20.1. The lowest BCUT2D eigenvalue weighted by molar-refractivity contribution is 0.418. The van der Waals surface area contributed by atoms with Crippen molar-refractivity contribution < 1.29 is 23.7 Å². The lowest BCUT2D eigenvalue weighted by atomic mass is 9.73. The molecule has 21 rings (SSSR count). The van der Waals surface area contributed by atoms with Crippen molar-refractivity contribution in [3.63, 3.8) is 0 Å². The van der Waals surface area contributed by atoms with Crippen molar-refractivity contribution in [2.75, 3.05) is 0 Å². The van der Waals surface area contributed by atoms with Crippen molar-refractivity contribution in [3.8, 4) is 113 Å². The van der Waals surface area contributed by atoms with Crippen LogP contribution in [0, 0.1) is 62.3 Å². The fourth-order valence-corrected chi connectivity index (χ4v) is 20.1. The lowest BCUT2D eigenvalue weighted by Gasteiger charge is -2.36. The molecule has 0 aromatic heterocycles. The van der Waals surface area contributed by atoms with E-state index in [0.717, 1.165) is 63.1 Å². The Morgan fingerprint density at radius 3 is 0.907 bits per heavy atom. The van der Waals surface area contributed by atoms with Crippen LogP contribution in [0.25, 0.3) is 66.4 Å². The number of rotatable bonds is 7. The Hall–Kier alpha value is -13.2. The molecular formula is C124H122O5. The molecule has 0 bridgehead atoms. The molecule has 0 saturated heterocycles. The second-order valence-corrected chi connectivity index (χ2v) is 39.7. The first-order valence-corrected chi connectivity index (χ1v) is 46.0. The molecular weight excluding hydrogens is 1570 g/mol. The van der Waals surface area contributed by atoms with Crippen LogP contribution in [0.15, 0.2) is 309 Å². The molecule has 0 aliphatic carbocycles. The van der Waals surface area contributed by atoms with Crippen molar-refractivity contribution in [1.29, 1.82) is 0 Å². The van der Waals surface area contributed by atoms with E-state index in [4.69, 9.17) is 23.7 Å². The first-order chi connectivity index (χ1) is 61.6. The first kappa shape index (κ1) is 87.8. The number of benzene rings is 16. The highest BCUT2D eigenvalue weighted by Gasteiger charge is 2.42. The summed E-state index contributed by atoms with van der Waals surface area (Å²) in [4.78, 5) is 0. The van der Waals surface area contributed by atoms with Crippen LogP contribution in [0.1, 0.15) is 226 Å². The molecule has 5 nitrogen and oxygen atoms in total. The highest BCUT2D eigenvalue weighted by molar-refractivity contribution is 5.88. The van der Waals surface area contributed by atoms with Crippen LogP contribution in [0.4, 0.5) is 0 Å². The van der Waals surface area contributed by atoms with E-state index in [1.807, 2.05) is 6.07 Å². The smallest absolute Gasteiger partial charge is 0.139 e. The Kier molecular flexibility index (Phi) is 23.4. The van der Waals surface area contributed by atoms with E-state index in [1.165, 1.54) is 178 Å². The molecule has 0 unspecified atom stereocenters. The molecule has 5 aliphatic rings. The minimum Gasteiger partial charge on any atom is -0.456 e. The molecule has 5 aliphatic heterocycles. The van der Waals surface area contributed by atoms with Crippen LogP contribution in [0.5, 0.6) is 57.5 Å². The van der Waals surface area contributed by atoms with Crippen LogP contribution in [0.3, 0.4) is 0 Å². The summed E-state index contributed by atoms with van der Waals surface area (Å²) in [5.41, 5.74) is 38.3. The average molecular weight is 1690 g/mol. The predicted octanol–water partition coefficient (Wildman–Crippen LogP) is 35.1. The van der Waals surface area contributed by atoms with E-state index in [2.05, 4.69) is 463 Å². The molecule has 129 heavy (non-hydrogen) atoms. The van der Waals surface area contributed by atoms with Crippen LogP contribution >= 0.6 is 0 Å². The van der Waals surface area contributed by atoms with Crippen molar-refractivity contribution in [2.45, 2.75) is 198 Å². The summed E-state index contributed by atoms with van der Waals surface area (Å²) in [5.74, 6) is 10.9. The monoisotopic (exact) mass is 1690 g/mol. The predicted molar refractivity (Wildman–Crippen MR) is 541 cm³/mol. The van der Waals surface area contributed by atoms with Crippen molar-refractivity contribution >= 4 is 10.8 Å². The quantitative estimate of drug-likeness (QED) is 0.159. The van der Waals surface area contributed by atoms with E-state index in [-0.39, 0.29) is 27.1 Å². The highest BCUT2D eigenvalue weighted by Crippen LogP contribution is 2.59. The van der Waals surface area contributed by atoms with Gasteiger partial charge in [-0.3, -0.25) is 0 Å². The minimum atomic E-state index is -0.118. The van der Waals surface area contributed by atoms with Crippen molar-refractivity contribution in [2.24, 2.45) is 0 Å². The zero-order chi connectivity index (χ0) is 91.1. The lowest BCUT2D eigenvalue weighted by Crippen LogP contribution is -2.25. The second kappa shape index (κ2) is 34.4. The Bertz CT molecular complexity index is 7050. The largest absolute Gasteiger partial charge is 0.456 e. The van der Waals surface area contributed by atoms with Gasteiger partial charge in [0.05, 0.1) is 0 Å². The second-order valence-electron chi connectivity index (χ2n) is 39.7. The van der Waals surface area contributed by atoms with E-state index in [9.17, 15) is 0 Å². The third-order valence-electron chi connectivity index (χ3n) is 28.1. The number of fused-ring (bicyclic) bond motifs is 11. The molecule has 16 aromatic rings. The number of hydrogen-bond acceptors (Lipinski definition) is 5. The maximum Gasteiger partial charge on any atom is 0.139 e. The Morgan fingerprint density at radius 1 is 0.194 bits per heavy atom. The minimum absolute atomic E-state index is 0.0770. The summed E-state index contributed by atoms with van der Waals surface area (Å²) in [6, 6.07) is 111. The molecule has 5 heteroatoms. The van der Waals surface area contributed by atoms with Gasteiger partial charge >= 0.3 is 0 Å². The van der Waals surface area contributed by atoms with E-state index < -0.39 is 0 Å². The van der Waals surface area contributed by atoms with Crippen LogP contribution in [0.2, 0.25) is 0 Å². The third kappa shape index (κ3) is 16.5.